The van der Waals surface area contributed by atoms with Gasteiger partial charge >= 0.3 is 29.6 Å². The zero-order chi connectivity index (χ0) is 22.7. The molecule has 2 heterocycles. The molecule has 0 aliphatic heterocycles. The van der Waals surface area contributed by atoms with E-state index >= 15 is 0 Å². The van der Waals surface area contributed by atoms with Crippen LogP contribution in [0.15, 0.2) is 36.4 Å². The zero-order valence-electron chi connectivity index (χ0n) is 18.6. The number of halogens is 1. The van der Waals surface area contributed by atoms with E-state index in [1.54, 1.807) is 29.5 Å². The summed E-state index contributed by atoms with van der Waals surface area (Å²) in [7, 11) is 0. The van der Waals surface area contributed by atoms with E-state index in [2.05, 4.69) is 0 Å². The third-order valence-electron chi connectivity index (χ3n) is 4.95. The Labute approximate surface area is 212 Å². The number of aromatic nitrogens is 1. The molecule has 2 aromatic heterocycles. The second kappa shape index (κ2) is 11.5. The number of benzene rings is 1. The normalized spacial score (nSPS) is 13.5. The predicted octanol–water partition coefficient (Wildman–Crippen LogP) is 0.803. The number of fused-ring (bicyclic) bond motifs is 1. The molecule has 2 N–H and O–H groups in total. The standard InChI is InChI=1S/C24H26FNO4S.Na/c1-13(2)23-19(9-8-17(27)11-18(28)12-21(29)30)22(15-4-6-16(25)7-5-15)20-10-14(3)31-24(20)26-23;/h4-10,13,17-18,27-28H,11-12H2,1-3H3,(H,29,30);/q;+1/p-1/b9-8+;. The summed E-state index contributed by atoms with van der Waals surface area (Å²) in [6, 6.07) is 8.31. The van der Waals surface area contributed by atoms with Crippen molar-refractivity contribution in [3.8, 4) is 11.1 Å². The van der Waals surface area contributed by atoms with Crippen LogP contribution in [0.5, 0.6) is 0 Å². The van der Waals surface area contributed by atoms with E-state index in [1.165, 1.54) is 18.2 Å². The second-order valence-electron chi connectivity index (χ2n) is 7.92. The summed E-state index contributed by atoms with van der Waals surface area (Å²) in [5.74, 6) is -1.60. The van der Waals surface area contributed by atoms with Gasteiger partial charge in [0.25, 0.3) is 0 Å². The molecule has 0 aliphatic rings. The summed E-state index contributed by atoms with van der Waals surface area (Å²) in [5.41, 5.74) is 3.38. The monoisotopic (exact) mass is 465 g/mol. The van der Waals surface area contributed by atoms with E-state index in [9.17, 15) is 24.5 Å². The fourth-order valence-electron chi connectivity index (χ4n) is 3.58. The minimum atomic E-state index is -1.37. The zero-order valence-corrected chi connectivity index (χ0v) is 21.4. The first kappa shape index (κ1) is 26.6. The summed E-state index contributed by atoms with van der Waals surface area (Å²) in [4.78, 5) is 17.5. The van der Waals surface area contributed by atoms with Crippen LogP contribution in [0.4, 0.5) is 4.39 Å². The number of carbonyl (C=O) groups is 1. The van der Waals surface area contributed by atoms with Gasteiger partial charge in [-0.1, -0.05) is 38.1 Å². The summed E-state index contributed by atoms with van der Waals surface area (Å²) in [6.45, 7) is 6.06. The summed E-state index contributed by atoms with van der Waals surface area (Å²) in [5, 5.41) is 31.7. The number of rotatable bonds is 8. The Morgan fingerprint density at radius 1 is 1.25 bits per heavy atom. The number of aliphatic hydroxyl groups is 2. The minimum Gasteiger partial charge on any atom is -0.550 e. The van der Waals surface area contributed by atoms with Crippen molar-refractivity contribution in [2.75, 3.05) is 0 Å². The molecule has 0 bridgehead atoms. The molecule has 3 rings (SSSR count). The Bertz CT molecular complexity index is 1110. The smallest absolute Gasteiger partial charge is 0.550 e. The predicted molar refractivity (Wildman–Crippen MR) is 119 cm³/mol. The van der Waals surface area contributed by atoms with E-state index in [1.807, 2.05) is 26.8 Å². The van der Waals surface area contributed by atoms with Gasteiger partial charge in [0.2, 0.25) is 0 Å². The quantitative estimate of drug-likeness (QED) is 0.480. The van der Waals surface area contributed by atoms with Gasteiger partial charge in [-0.25, -0.2) is 9.37 Å². The van der Waals surface area contributed by atoms with Gasteiger partial charge in [-0.2, -0.15) is 0 Å². The number of pyridine rings is 1. The fraction of sp³-hybridized carbons (Fsp3) is 0.333. The van der Waals surface area contributed by atoms with Crippen LogP contribution in [0.25, 0.3) is 27.4 Å². The number of carboxylic acids is 1. The van der Waals surface area contributed by atoms with E-state index in [-0.39, 0.29) is 47.7 Å². The molecule has 0 fully saturated rings. The molecular weight excluding hydrogens is 440 g/mol. The Morgan fingerprint density at radius 3 is 2.50 bits per heavy atom. The molecule has 0 spiro atoms. The first-order valence-corrected chi connectivity index (χ1v) is 10.9. The summed E-state index contributed by atoms with van der Waals surface area (Å²) >= 11 is 1.59. The number of hydrogen-bond donors (Lipinski definition) is 2. The molecule has 32 heavy (non-hydrogen) atoms. The number of carbonyl (C=O) groups excluding carboxylic acids is 1. The fourth-order valence-corrected chi connectivity index (χ4v) is 4.48. The SMILES string of the molecule is Cc1cc2c(-c3ccc(F)cc3)c(/C=C/C(O)CC(O)CC(=O)[O-])c(C(C)C)nc2s1.[Na+]. The van der Waals surface area contributed by atoms with E-state index in [0.717, 1.165) is 37.5 Å². The van der Waals surface area contributed by atoms with Crippen LogP contribution in [-0.2, 0) is 4.79 Å². The number of thiophene rings is 1. The third kappa shape index (κ3) is 6.47. The number of hydrogen-bond acceptors (Lipinski definition) is 6. The molecule has 1 aromatic carbocycles. The van der Waals surface area contributed by atoms with Crippen molar-refractivity contribution in [2.24, 2.45) is 0 Å². The maximum atomic E-state index is 13.6. The molecule has 164 valence electrons. The molecule has 0 radical (unpaired) electrons. The number of carboxylic acid groups (broad SMARTS) is 1. The maximum absolute atomic E-state index is 13.6. The number of aliphatic hydroxyl groups excluding tert-OH is 2. The first-order chi connectivity index (χ1) is 14.7. The topological polar surface area (TPSA) is 93.5 Å². The van der Waals surface area contributed by atoms with E-state index in [4.69, 9.17) is 4.98 Å². The molecule has 2 unspecified atom stereocenters. The van der Waals surface area contributed by atoms with Crippen LogP contribution in [0.3, 0.4) is 0 Å². The van der Waals surface area contributed by atoms with Crippen LogP contribution in [0.1, 0.15) is 48.7 Å². The van der Waals surface area contributed by atoms with Gasteiger partial charge < -0.3 is 20.1 Å². The Kier molecular flexibility index (Phi) is 9.57. The van der Waals surface area contributed by atoms with E-state index < -0.39 is 24.6 Å². The Hall–Kier alpha value is -1.61. The molecule has 0 amide bonds. The van der Waals surface area contributed by atoms with Crippen LogP contribution in [0, 0.1) is 12.7 Å². The van der Waals surface area contributed by atoms with Gasteiger partial charge in [0.05, 0.1) is 17.9 Å². The van der Waals surface area contributed by atoms with E-state index in [0.29, 0.717) is 0 Å². The average Bonchev–Trinajstić information content (AvgIpc) is 3.05. The van der Waals surface area contributed by atoms with Gasteiger partial charge in [0.1, 0.15) is 10.6 Å². The van der Waals surface area contributed by atoms with Crippen molar-refractivity contribution in [1.82, 2.24) is 4.98 Å². The van der Waals surface area contributed by atoms with Crippen LogP contribution in [0.2, 0.25) is 0 Å². The van der Waals surface area contributed by atoms with Crippen molar-refractivity contribution >= 4 is 33.6 Å². The molecule has 8 heteroatoms. The minimum absolute atomic E-state index is 0. The van der Waals surface area contributed by atoms with Crippen LogP contribution < -0.4 is 34.7 Å². The van der Waals surface area contributed by atoms with Gasteiger partial charge in [-0.05, 0) is 36.6 Å². The van der Waals surface area contributed by atoms with Crippen molar-refractivity contribution in [3.05, 3.63) is 58.4 Å². The average molecular weight is 466 g/mol. The Morgan fingerprint density at radius 2 is 1.91 bits per heavy atom. The first-order valence-electron chi connectivity index (χ1n) is 10.1. The molecule has 0 saturated carbocycles. The molecule has 5 nitrogen and oxygen atoms in total. The summed E-state index contributed by atoms with van der Waals surface area (Å²) in [6.07, 6.45) is 0.371. The number of nitrogens with zero attached hydrogens (tertiary/aromatic N) is 1. The summed E-state index contributed by atoms with van der Waals surface area (Å²) < 4.78 is 13.6. The number of aliphatic carboxylic acids is 1. The van der Waals surface area contributed by atoms with Gasteiger partial charge in [-0.15, -0.1) is 11.3 Å². The van der Waals surface area contributed by atoms with Crippen molar-refractivity contribution < 1.29 is 54.1 Å². The van der Waals surface area contributed by atoms with Gasteiger partial charge in [-0.3, -0.25) is 0 Å². The largest absolute Gasteiger partial charge is 1.00 e. The third-order valence-corrected chi connectivity index (χ3v) is 5.90. The van der Waals surface area contributed by atoms with Crippen molar-refractivity contribution in [1.29, 1.82) is 0 Å². The second-order valence-corrected chi connectivity index (χ2v) is 9.15. The molecule has 0 aliphatic carbocycles. The van der Waals surface area contributed by atoms with Gasteiger partial charge in [0.15, 0.2) is 0 Å². The Balaban J connectivity index is 0.00000363. The number of aryl methyl sites for hydroxylation is 1. The molecule has 2 atom stereocenters. The van der Waals surface area contributed by atoms with Crippen molar-refractivity contribution in [2.45, 2.75) is 51.7 Å². The molecule has 3 aromatic rings. The van der Waals surface area contributed by atoms with Crippen molar-refractivity contribution in [3.63, 3.8) is 0 Å². The molecular formula is C24H25FNNaO4S. The molecule has 0 saturated heterocycles. The van der Waals surface area contributed by atoms with Gasteiger partial charge in [0, 0.05) is 40.2 Å². The van der Waals surface area contributed by atoms with Crippen LogP contribution in [-0.4, -0.2) is 33.4 Å². The maximum Gasteiger partial charge on any atom is 1.00 e. The van der Waals surface area contributed by atoms with Crippen LogP contribution >= 0.6 is 11.3 Å².